The summed E-state index contributed by atoms with van der Waals surface area (Å²) in [6, 6.07) is 36.3. The van der Waals surface area contributed by atoms with Crippen molar-refractivity contribution in [2.75, 3.05) is 0 Å². The topological polar surface area (TPSA) is 25.8 Å². The van der Waals surface area contributed by atoms with Crippen LogP contribution < -0.4 is 0 Å². The van der Waals surface area contributed by atoms with Gasteiger partial charge in [-0.05, 0) is 40.3 Å². The minimum atomic E-state index is 0.786. The standard InChI is InChI=1S/C29H20N2/c1-19-30-28(21-11-3-2-4-12-21)27-18-26(24-15-7-8-16-25(24)29(27)31-19)23-17-9-13-20-10-5-6-14-22(20)23/h2-18H,1H3. The Kier molecular flexibility index (Phi) is 4.03. The molecular weight excluding hydrogens is 376 g/mol. The molecule has 0 N–H and O–H groups in total. The summed E-state index contributed by atoms with van der Waals surface area (Å²) in [7, 11) is 0. The third-order valence-electron chi connectivity index (χ3n) is 5.95. The molecule has 0 aliphatic carbocycles. The van der Waals surface area contributed by atoms with Gasteiger partial charge in [-0.15, -0.1) is 0 Å². The molecule has 1 aromatic heterocycles. The van der Waals surface area contributed by atoms with Gasteiger partial charge in [-0.1, -0.05) is 97.1 Å². The molecule has 0 spiro atoms. The summed E-state index contributed by atoms with van der Waals surface area (Å²) < 4.78 is 0. The van der Waals surface area contributed by atoms with Gasteiger partial charge >= 0.3 is 0 Å². The molecule has 0 aliphatic rings. The molecule has 2 nitrogen and oxygen atoms in total. The van der Waals surface area contributed by atoms with E-state index < -0.39 is 0 Å². The third kappa shape index (κ3) is 2.88. The first-order valence-electron chi connectivity index (χ1n) is 10.5. The number of nitrogens with zero attached hydrogens (tertiary/aromatic N) is 2. The summed E-state index contributed by atoms with van der Waals surface area (Å²) >= 11 is 0. The van der Waals surface area contributed by atoms with Crippen molar-refractivity contribution in [3.63, 3.8) is 0 Å². The maximum absolute atomic E-state index is 4.88. The Morgan fingerprint density at radius 2 is 1.19 bits per heavy atom. The van der Waals surface area contributed by atoms with E-state index in [0.717, 1.165) is 33.4 Å². The van der Waals surface area contributed by atoms with Crippen LogP contribution in [0, 0.1) is 6.92 Å². The molecule has 0 saturated heterocycles. The van der Waals surface area contributed by atoms with Crippen LogP contribution in [0.5, 0.6) is 0 Å². The van der Waals surface area contributed by atoms with Crippen LogP contribution in [-0.4, -0.2) is 9.97 Å². The first-order valence-corrected chi connectivity index (χ1v) is 10.5. The van der Waals surface area contributed by atoms with Gasteiger partial charge in [0.1, 0.15) is 5.82 Å². The number of aromatic nitrogens is 2. The Labute approximate surface area is 180 Å². The number of rotatable bonds is 2. The van der Waals surface area contributed by atoms with Crippen LogP contribution in [0.4, 0.5) is 0 Å². The number of hydrogen-bond donors (Lipinski definition) is 0. The fourth-order valence-corrected chi connectivity index (χ4v) is 4.57. The highest BCUT2D eigenvalue weighted by atomic mass is 14.9. The second-order valence-corrected chi connectivity index (χ2v) is 7.88. The Hall–Kier alpha value is -4.04. The highest BCUT2D eigenvalue weighted by Crippen LogP contribution is 2.39. The summed E-state index contributed by atoms with van der Waals surface area (Å²) in [5.41, 5.74) is 5.54. The summed E-state index contributed by atoms with van der Waals surface area (Å²) in [5, 5.41) is 5.95. The lowest BCUT2D eigenvalue weighted by molar-refractivity contribution is 1.10. The lowest BCUT2D eigenvalue weighted by Gasteiger charge is -2.15. The second kappa shape index (κ2) is 7.03. The molecule has 31 heavy (non-hydrogen) atoms. The summed E-state index contributed by atoms with van der Waals surface area (Å²) in [6.07, 6.45) is 0. The second-order valence-electron chi connectivity index (χ2n) is 7.88. The van der Waals surface area contributed by atoms with Gasteiger partial charge in [0.05, 0.1) is 11.2 Å². The van der Waals surface area contributed by atoms with Crippen LogP contribution in [0.3, 0.4) is 0 Å². The van der Waals surface area contributed by atoms with E-state index in [1.807, 2.05) is 13.0 Å². The van der Waals surface area contributed by atoms with Crippen molar-refractivity contribution in [3.8, 4) is 22.4 Å². The van der Waals surface area contributed by atoms with E-state index in [9.17, 15) is 0 Å². The molecule has 0 atom stereocenters. The van der Waals surface area contributed by atoms with Crippen molar-refractivity contribution in [2.45, 2.75) is 6.92 Å². The van der Waals surface area contributed by atoms with E-state index in [-0.39, 0.29) is 0 Å². The molecule has 0 aliphatic heterocycles. The summed E-state index contributed by atoms with van der Waals surface area (Å²) in [4.78, 5) is 9.74. The van der Waals surface area contributed by atoms with Gasteiger partial charge in [0, 0.05) is 16.3 Å². The fourth-order valence-electron chi connectivity index (χ4n) is 4.57. The van der Waals surface area contributed by atoms with Crippen LogP contribution in [0.25, 0.3) is 54.8 Å². The molecule has 2 heteroatoms. The SMILES string of the molecule is Cc1nc(-c2ccccc2)c2cc(-c3cccc4ccccc34)c3ccccc3c2n1. The van der Waals surface area contributed by atoms with Gasteiger partial charge in [-0.3, -0.25) is 0 Å². The van der Waals surface area contributed by atoms with E-state index in [1.165, 1.54) is 27.3 Å². The predicted molar refractivity (Wildman–Crippen MR) is 130 cm³/mol. The number of benzene rings is 5. The van der Waals surface area contributed by atoms with Crippen LogP contribution in [-0.2, 0) is 0 Å². The van der Waals surface area contributed by atoms with Crippen LogP contribution >= 0.6 is 0 Å². The fraction of sp³-hybridized carbons (Fsp3) is 0.0345. The zero-order chi connectivity index (χ0) is 20.8. The molecule has 5 aromatic carbocycles. The molecule has 0 saturated carbocycles. The Bertz CT molecular complexity index is 1580. The van der Waals surface area contributed by atoms with Crippen LogP contribution in [0.15, 0.2) is 103 Å². The zero-order valence-corrected chi connectivity index (χ0v) is 17.2. The summed E-state index contributed by atoms with van der Waals surface area (Å²) in [5.74, 6) is 0.786. The highest BCUT2D eigenvalue weighted by molar-refractivity contribution is 6.17. The van der Waals surface area contributed by atoms with Crippen molar-refractivity contribution in [3.05, 3.63) is 109 Å². The first kappa shape index (κ1) is 17.8. The largest absolute Gasteiger partial charge is 0.233 e. The lowest BCUT2D eigenvalue weighted by atomic mass is 9.91. The molecule has 6 aromatic rings. The normalized spacial score (nSPS) is 11.4. The van der Waals surface area contributed by atoms with Crippen molar-refractivity contribution in [2.24, 2.45) is 0 Å². The van der Waals surface area contributed by atoms with E-state index >= 15 is 0 Å². The lowest BCUT2D eigenvalue weighted by Crippen LogP contribution is -1.96. The zero-order valence-electron chi connectivity index (χ0n) is 17.2. The van der Waals surface area contributed by atoms with E-state index in [1.54, 1.807) is 0 Å². The van der Waals surface area contributed by atoms with Gasteiger partial charge in [0.25, 0.3) is 0 Å². The average molecular weight is 396 g/mol. The number of aryl methyl sites for hydroxylation is 1. The molecular formula is C29H20N2. The van der Waals surface area contributed by atoms with Gasteiger partial charge < -0.3 is 0 Å². The Morgan fingerprint density at radius 3 is 2.03 bits per heavy atom. The summed E-state index contributed by atoms with van der Waals surface area (Å²) in [6.45, 7) is 1.97. The molecule has 0 fully saturated rings. The van der Waals surface area contributed by atoms with E-state index in [0.29, 0.717) is 0 Å². The molecule has 0 radical (unpaired) electrons. The minimum Gasteiger partial charge on any atom is -0.233 e. The van der Waals surface area contributed by atoms with Crippen molar-refractivity contribution in [1.29, 1.82) is 0 Å². The van der Waals surface area contributed by atoms with Crippen LogP contribution in [0.1, 0.15) is 5.82 Å². The van der Waals surface area contributed by atoms with Gasteiger partial charge in [0.2, 0.25) is 0 Å². The van der Waals surface area contributed by atoms with Crippen molar-refractivity contribution >= 4 is 32.4 Å². The first-order chi connectivity index (χ1) is 15.3. The van der Waals surface area contributed by atoms with Gasteiger partial charge in [-0.25, -0.2) is 9.97 Å². The molecule has 0 amide bonds. The maximum Gasteiger partial charge on any atom is 0.126 e. The van der Waals surface area contributed by atoms with Gasteiger partial charge in [0.15, 0.2) is 0 Å². The minimum absolute atomic E-state index is 0.786. The maximum atomic E-state index is 4.88. The smallest absolute Gasteiger partial charge is 0.126 e. The quantitative estimate of drug-likeness (QED) is 0.282. The van der Waals surface area contributed by atoms with Crippen molar-refractivity contribution < 1.29 is 0 Å². The Balaban J connectivity index is 1.79. The van der Waals surface area contributed by atoms with E-state index in [4.69, 9.17) is 9.97 Å². The molecule has 146 valence electrons. The number of hydrogen-bond acceptors (Lipinski definition) is 2. The van der Waals surface area contributed by atoms with Crippen molar-refractivity contribution in [1.82, 2.24) is 9.97 Å². The Morgan fingerprint density at radius 1 is 0.516 bits per heavy atom. The van der Waals surface area contributed by atoms with Gasteiger partial charge in [-0.2, -0.15) is 0 Å². The highest BCUT2D eigenvalue weighted by Gasteiger charge is 2.16. The monoisotopic (exact) mass is 396 g/mol. The predicted octanol–water partition coefficient (Wildman–Crippen LogP) is 7.58. The third-order valence-corrected chi connectivity index (χ3v) is 5.95. The molecule has 1 heterocycles. The molecule has 0 unspecified atom stereocenters. The average Bonchev–Trinajstić information content (AvgIpc) is 2.83. The number of fused-ring (bicyclic) bond motifs is 4. The molecule has 0 bridgehead atoms. The van der Waals surface area contributed by atoms with Crippen LogP contribution in [0.2, 0.25) is 0 Å². The molecule has 6 rings (SSSR count). The van der Waals surface area contributed by atoms with E-state index in [2.05, 4.69) is 97.1 Å².